The molecular weight excluding hydrogens is 236 g/mol. The van der Waals surface area contributed by atoms with Gasteiger partial charge in [-0.25, -0.2) is 0 Å². The third-order valence-electron chi connectivity index (χ3n) is 3.27. The number of benzene rings is 2. The molecule has 0 bridgehead atoms. The summed E-state index contributed by atoms with van der Waals surface area (Å²) >= 11 is 0. The van der Waals surface area contributed by atoms with Crippen LogP contribution in [0, 0.1) is 6.92 Å². The maximum Gasteiger partial charge on any atom is 0.151 e. The first kappa shape index (κ1) is 13.8. The van der Waals surface area contributed by atoms with E-state index >= 15 is 0 Å². The Bertz CT molecular complexity index is 498. The quantitative estimate of drug-likeness (QED) is 0.806. The number of hydrogen-bond donors (Lipinski definition) is 2. The summed E-state index contributed by atoms with van der Waals surface area (Å²) in [5.41, 5.74) is 4.94. The Morgan fingerprint density at radius 1 is 0.842 bits per heavy atom. The number of aliphatic hydroxyl groups excluding tert-OH is 1. The lowest BCUT2D eigenvalue weighted by Crippen LogP contribution is -2.03. The van der Waals surface area contributed by atoms with Gasteiger partial charge in [0.2, 0.25) is 0 Å². The summed E-state index contributed by atoms with van der Waals surface area (Å²) in [7, 11) is 0. The molecule has 2 aromatic rings. The van der Waals surface area contributed by atoms with Gasteiger partial charge in [-0.2, -0.15) is 0 Å². The molecule has 2 heteroatoms. The van der Waals surface area contributed by atoms with E-state index in [4.69, 9.17) is 10.2 Å². The Morgan fingerprint density at radius 2 is 1.37 bits per heavy atom. The van der Waals surface area contributed by atoms with Crippen molar-refractivity contribution in [2.24, 2.45) is 0 Å². The predicted octanol–water partition coefficient (Wildman–Crippen LogP) is 3.30. The molecule has 2 N–H and O–H groups in total. The molecule has 2 rings (SSSR count). The van der Waals surface area contributed by atoms with Crippen molar-refractivity contribution in [3.05, 3.63) is 59.7 Å². The lowest BCUT2D eigenvalue weighted by molar-refractivity contribution is -0.0461. The largest absolute Gasteiger partial charge is 0.368 e. The normalized spacial score (nSPS) is 10.9. The Hall–Kier alpha value is -1.64. The minimum absolute atomic E-state index is 0.430. The molecule has 0 fully saturated rings. The first-order valence-corrected chi connectivity index (χ1v) is 6.67. The molecule has 0 radical (unpaired) electrons. The monoisotopic (exact) mass is 256 g/mol. The topological polar surface area (TPSA) is 40.5 Å². The molecule has 0 saturated heterocycles. The number of rotatable bonds is 5. The Labute approximate surface area is 114 Å². The highest BCUT2D eigenvalue weighted by Crippen LogP contribution is 2.20. The van der Waals surface area contributed by atoms with Gasteiger partial charge in [0.1, 0.15) is 0 Å². The summed E-state index contributed by atoms with van der Waals surface area (Å²) < 4.78 is 0. The molecule has 0 atom stereocenters. The number of aliphatic hydroxyl groups is 2. The van der Waals surface area contributed by atoms with Crippen LogP contribution in [0.15, 0.2) is 48.5 Å². The summed E-state index contributed by atoms with van der Waals surface area (Å²) in [6.07, 6.45) is 0.916. The highest BCUT2D eigenvalue weighted by molar-refractivity contribution is 5.63. The van der Waals surface area contributed by atoms with Crippen LogP contribution in [0.1, 0.15) is 24.0 Å². The van der Waals surface area contributed by atoms with Crippen LogP contribution in [0.4, 0.5) is 0 Å². The minimum atomic E-state index is -1.19. The van der Waals surface area contributed by atoms with E-state index in [1.807, 2.05) is 0 Å². The van der Waals surface area contributed by atoms with Crippen LogP contribution in [0.25, 0.3) is 11.1 Å². The van der Waals surface area contributed by atoms with Crippen molar-refractivity contribution < 1.29 is 10.2 Å². The second kappa shape index (κ2) is 6.50. The molecule has 0 saturated carbocycles. The molecule has 2 nitrogen and oxygen atoms in total. The zero-order valence-corrected chi connectivity index (χ0v) is 11.2. The molecule has 0 aliphatic rings. The van der Waals surface area contributed by atoms with E-state index in [1.165, 1.54) is 22.3 Å². The van der Waals surface area contributed by atoms with Crippen LogP contribution < -0.4 is 0 Å². The van der Waals surface area contributed by atoms with Gasteiger partial charge in [-0.05, 0) is 42.9 Å². The van der Waals surface area contributed by atoms with Crippen LogP contribution >= 0.6 is 0 Å². The van der Waals surface area contributed by atoms with Gasteiger partial charge in [0, 0.05) is 0 Å². The van der Waals surface area contributed by atoms with E-state index in [0.717, 1.165) is 12.8 Å². The maximum atomic E-state index is 8.80. The molecular formula is C17H20O2. The van der Waals surface area contributed by atoms with E-state index in [2.05, 4.69) is 55.5 Å². The molecule has 0 aliphatic heterocycles. The van der Waals surface area contributed by atoms with E-state index < -0.39 is 6.29 Å². The fourth-order valence-corrected chi connectivity index (χ4v) is 2.10. The van der Waals surface area contributed by atoms with Crippen LogP contribution in [-0.4, -0.2) is 16.5 Å². The second-order valence-corrected chi connectivity index (χ2v) is 4.94. The van der Waals surface area contributed by atoms with Crippen molar-refractivity contribution in [2.45, 2.75) is 32.5 Å². The Balaban J connectivity index is 2.00. The fourth-order valence-electron chi connectivity index (χ4n) is 2.10. The second-order valence-electron chi connectivity index (χ2n) is 4.94. The van der Waals surface area contributed by atoms with Gasteiger partial charge >= 0.3 is 0 Å². The van der Waals surface area contributed by atoms with E-state index in [9.17, 15) is 0 Å². The highest BCUT2D eigenvalue weighted by Gasteiger charge is 2.00. The zero-order valence-electron chi connectivity index (χ0n) is 11.2. The predicted molar refractivity (Wildman–Crippen MR) is 77.8 cm³/mol. The van der Waals surface area contributed by atoms with Crippen molar-refractivity contribution in [1.29, 1.82) is 0 Å². The molecule has 0 spiro atoms. The standard InChI is InChI=1S/C17H20O2/c1-13-5-9-15(10-6-13)16-11-7-14(8-12-16)3-2-4-17(18)19/h5-12,17-19H,2-4H2,1H3. The first-order chi connectivity index (χ1) is 9.15. The van der Waals surface area contributed by atoms with Crippen LogP contribution in [-0.2, 0) is 6.42 Å². The number of aryl methyl sites for hydroxylation is 2. The van der Waals surface area contributed by atoms with Crippen molar-refractivity contribution in [2.75, 3.05) is 0 Å². The van der Waals surface area contributed by atoms with Gasteiger partial charge in [-0.1, -0.05) is 54.1 Å². The lowest BCUT2D eigenvalue weighted by Gasteiger charge is -2.06. The molecule has 0 aliphatic carbocycles. The third kappa shape index (κ3) is 4.19. The Morgan fingerprint density at radius 3 is 1.89 bits per heavy atom. The average Bonchev–Trinajstić information content (AvgIpc) is 2.40. The first-order valence-electron chi connectivity index (χ1n) is 6.67. The highest BCUT2D eigenvalue weighted by atomic mass is 16.5. The molecule has 100 valence electrons. The molecule has 0 amide bonds. The minimum Gasteiger partial charge on any atom is -0.368 e. The van der Waals surface area contributed by atoms with Gasteiger partial charge < -0.3 is 10.2 Å². The summed E-state index contributed by atoms with van der Waals surface area (Å²) in [4.78, 5) is 0. The average molecular weight is 256 g/mol. The van der Waals surface area contributed by atoms with Gasteiger partial charge in [0.05, 0.1) is 0 Å². The third-order valence-corrected chi connectivity index (χ3v) is 3.27. The van der Waals surface area contributed by atoms with Gasteiger partial charge in [-0.3, -0.25) is 0 Å². The smallest absolute Gasteiger partial charge is 0.151 e. The fraction of sp³-hybridized carbons (Fsp3) is 0.294. The van der Waals surface area contributed by atoms with E-state index in [-0.39, 0.29) is 0 Å². The summed E-state index contributed by atoms with van der Waals surface area (Å²) in [6, 6.07) is 17.0. The molecule has 0 heterocycles. The van der Waals surface area contributed by atoms with Gasteiger partial charge in [0.25, 0.3) is 0 Å². The van der Waals surface area contributed by atoms with E-state index in [1.54, 1.807) is 0 Å². The number of hydrogen-bond acceptors (Lipinski definition) is 2. The van der Waals surface area contributed by atoms with E-state index in [0.29, 0.717) is 6.42 Å². The molecule has 0 aromatic heterocycles. The van der Waals surface area contributed by atoms with Crippen molar-refractivity contribution in [3.63, 3.8) is 0 Å². The van der Waals surface area contributed by atoms with Crippen molar-refractivity contribution in [3.8, 4) is 11.1 Å². The lowest BCUT2D eigenvalue weighted by atomic mass is 10.0. The van der Waals surface area contributed by atoms with Crippen LogP contribution in [0.2, 0.25) is 0 Å². The maximum absolute atomic E-state index is 8.80. The Kier molecular flexibility index (Phi) is 4.72. The van der Waals surface area contributed by atoms with Gasteiger partial charge in [0.15, 0.2) is 6.29 Å². The van der Waals surface area contributed by atoms with Crippen LogP contribution in [0.3, 0.4) is 0 Å². The molecule has 0 unspecified atom stereocenters. The van der Waals surface area contributed by atoms with Crippen LogP contribution in [0.5, 0.6) is 0 Å². The van der Waals surface area contributed by atoms with Crippen molar-refractivity contribution >= 4 is 0 Å². The summed E-state index contributed by atoms with van der Waals surface area (Å²) in [6.45, 7) is 2.09. The van der Waals surface area contributed by atoms with Gasteiger partial charge in [-0.15, -0.1) is 0 Å². The summed E-state index contributed by atoms with van der Waals surface area (Å²) in [5.74, 6) is 0. The molecule has 19 heavy (non-hydrogen) atoms. The SMILES string of the molecule is Cc1ccc(-c2ccc(CCCC(O)O)cc2)cc1. The summed E-state index contributed by atoms with van der Waals surface area (Å²) in [5, 5.41) is 17.6. The zero-order chi connectivity index (χ0) is 13.7. The van der Waals surface area contributed by atoms with Crippen molar-refractivity contribution in [1.82, 2.24) is 0 Å². The molecule has 2 aromatic carbocycles.